The maximum Gasteiger partial charge on any atom is 0.103 e. The SMILES string of the molecule is C/C=C/CCCCC.C/C=C/CCCCC.CC.CC.CC.CC.CC/C=C/CCCC.CC/C=C/CCCC.CC/C=C\CC.CCC/C=C/CCC.CCCCCCCC.CCCCc1ccc[nH]1.CCCCc1ccccc1.CCCCc1ccco1.CCCCc1cccs1. The van der Waals surface area contributed by atoms with Crippen LogP contribution in [0.4, 0.5) is 0 Å². The van der Waals surface area contributed by atoms with E-state index in [2.05, 4.69) is 256 Å². The summed E-state index contributed by atoms with van der Waals surface area (Å²) in [5.74, 6) is 1.11. The van der Waals surface area contributed by atoms with E-state index in [1.165, 1.54) is 267 Å². The molecule has 0 saturated heterocycles. The van der Waals surface area contributed by atoms with E-state index >= 15 is 0 Å². The molecule has 3 heterocycles. The summed E-state index contributed by atoms with van der Waals surface area (Å²) in [7, 11) is 0. The van der Waals surface area contributed by atoms with Gasteiger partial charge in [0.25, 0.3) is 0 Å². The van der Waals surface area contributed by atoms with Crippen LogP contribution in [0, 0.1) is 0 Å². The van der Waals surface area contributed by atoms with Crippen LogP contribution in [0.3, 0.4) is 0 Å². The second-order valence-corrected chi connectivity index (χ2v) is 24.2. The lowest BCUT2D eigenvalue weighted by Crippen LogP contribution is -1.81. The molecule has 2 nitrogen and oxygen atoms in total. The molecule has 0 spiro atoms. The van der Waals surface area contributed by atoms with Crippen molar-refractivity contribution in [2.45, 2.75) is 437 Å². The van der Waals surface area contributed by atoms with Crippen LogP contribution >= 0.6 is 11.3 Å². The zero-order chi connectivity index (χ0) is 77.1. The largest absolute Gasteiger partial charge is 0.469 e. The highest BCUT2D eigenvalue weighted by atomic mass is 32.1. The molecular formula is C96H185NOS. The van der Waals surface area contributed by atoms with Gasteiger partial charge in [0, 0.05) is 23.2 Å². The maximum atomic E-state index is 5.14. The normalized spacial score (nSPS) is 9.68. The number of aromatic nitrogens is 1. The zero-order valence-electron chi connectivity index (χ0n) is 72.6. The van der Waals surface area contributed by atoms with E-state index in [-0.39, 0.29) is 0 Å². The van der Waals surface area contributed by atoms with Gasteiger partial charge in [-0.15, -0.1) is 11.3 Å². The molecule has 0 radical (unpaired) electrons. The molecule has 0 aliphatic carbocycles. The molecule has 0 aliphatic heterocycles. The number of nitrogens with one attached hydrogen (secondary N) is 1. The second kappa shape index (κ2) is 137. The Morgan fingerprint density at radius 1 is 0.303 bits per heavy atom. The highest BCUT2D eigenvalue weighted by molar-refractivity contribution is 7.09. The summed E-state index contributed by atoms with van der Waals surface area (Å²) < 4.78 is 5.14. The average Bonchev–Trinajstić information content (AvgIpc) is 3.65. The van der Waals surface area contributed by atoms with Gasteiger partial charge in [0.1, 0.15) is 5.76 Å². The van der Waals surface area contributed by atoms with Gasteiger partial charge in [-0.1, -0.05) is 404 Å². The Hall–Kier alpha value is -4.08. The number of H-pyrrole nitrogens is 1. The Morgan fingerprint density at radius 3 is 1.02 bits per heavy atom. The number of aromatic amines is 1. The van der Waals surface area contributed by atoms with Crippen molar-refractivity contribution < 1.29 is 4.42 Å². The Kier molecular flexibility index (Phi) is 165. The lowest BCUT2D eigenvalue weighted by molar-refractivity contribution is 0.500. The summed E-state index contributed by atoms with van der Waals surface area (Å²) in [4.78, 5) is 4.70. The molecule has 4 rings (SSSR count). The number of benzene rings is 1. The molecule has 0 bridgehead atoms. The number of unbranched alkanes of at least 4 members (excludes halogenated alkanes) is 21. The third-order valence-corrected chi connectivity index (χ3v) is 14.6. The molecule has 0 amide bonds. The molecule has 586 valence electrons. The molecule has 99 heavy (non-hydrogen) atoms. The van der Waals surface area contributed by atoms with E-state index in [1.54, 1.807) is 6.26 Å². The van der Waals surface area contributed by atoms with E-state index in [4.69, 9.17) is 4.42 Å². The minimum absolute atomic E-state index is 1.09. The summed E-state index contributed by atoms with van der Waals surface area (Å²) in [6.45, 7) is 55.5. The van der Waals surface area contributed by atoms with Gasteiger partial charge in [0.2, 0.25) is 0 Å². The number of aryl methyl sites for hydroxylation is 4. The van der Waals surface area contributed by atoms with Crippen LogP contribution in [0.5, 0.6) is 0 Å². The van der Waals surface area contributed by atoms with Crippen LogP contribution in [0.1, 0.15) is 433 Å². The smallest absolute Gasteiger partial charge is 0.103 e. The van der Waals surface area contributed by atoms with Crippen molar-refractivity contribution in [2.75, 3.05) is 0 Å². The first-order chi connectivity index (χ1) is 48.6. The standard InChI is InChI=1S/C10H14.C8H13N.C8H12O.C8H12S.C8H18.5C8H16.C6H12.4C2H6/c1-2-3-7-10-8-5-4-6-9-10;3*1-2-3-5-8-6-4-7-9-8;6*1-3-5-7-8-6-4-2;1-3-5-6-4-2;4*1-2/h4-6,8-9H,2-3,7H2,1H3;4,6-7,9H,2-3,5H2,1H3;2*4,6-7H,2-3,5H2,1H3;3-8H2,1-2H3;7-8H,3-6H2,1-2H3;2*5,7H,3-4,6,8H2,1-2H3;2*3,5H,4,6-8H2,1-2H3;5-6H,3-4H2,1-2H3;4*1-2H3/b;;;;;8-7+;2*7-5+;2*5-3+;6-5-;;;;. The van der Waals surface area contributed by atoms with Crippen molar-refractivity contribution in [1.82, 2.24) is 4.98 Å². The summed E-state index contributed by atoms with van der Waals surface area (Å²) >= 11 is 1.86. The van der Waals surface area contributed by atoms with Crippen LogP contribution < -0.4 is 0 Å². The van der Waals surface area contributed by atoms with Gasteiger partial charge in [0.15, 0.2) is 0 Å². The summed E-state index contributed by atoms with van der Waals surface area (Å²) in [5, 5.41) is 2.14. The molecule has 0 fully saturated rings. The number of furan rings is 1. The molecule has 3 heteroatoms. The number of rotatable bonds is 39. The van der Waals surface area contributed by atoms with Crippen molar-refractivity contribution in [3.63, 3.8) is 0 Å². The van der Waals surface area contributed by atoms with Crippen LogP contribution in [0.25, 0.3) is 0 Å². The van der Waals surface area contributed by atoms with E-state index in [0.717, 1.165) is 12.2 Å². The first kappa shape index (κ1) is 119. The summed E-state index contributed by atoms with van der Waals surface area (Å²) in [6.07, 6.45) is 82.2. The zero-order valence-corrected chi connectivity index (χ0v) is 73.4. The topological polar surface area (TPSA) is 28.9 Å². The van der Waals surface area contributed by atoms with Gasteiger partial charge in [-0.2, -0.15) is 0 Å². The highest BCUT2D eigenvalue weighted by Gasteiger charge is 1.93. The van der Waals surface area contributed by atoms with Gasteiger partial charge in [-0.05, 0) is 177 Å². The van der Waals surface area contributed by atoms with Gasteiger partial charge < -0.3 is 9.40 Å². The average molecular weight is 1400 g/mol. The molecule has 0 atom stereocenters. The first-order valence-corrected chi connectivity index (χ1v) is 43.5. The van der Waals surface area contributed by atoms with Crippen molar-refractivity contribution in [3.8, 4) is 0 Å². The van der Waals surface area contributed by atoms with Crippen molar-refractivity contribution >= 4 is 11.3 Å². The quantitative estimate of drug-likeness (QED) is 0.0350. The predicted molar refractivity (Wildman–Crippen MR) is 474 cm³/mol. The first-order valence-electron chi connectivity index (χ1n) is 42.7. The molecule has 1 N–H and O–H groups in total. The fraction of sp³-hybridized carbons (Fsp3) is 0.688. The number of hydrogen-bond donors (Lipinski definition) is 1. The Labute approximate surface area is 633 Å². The maximum absolute atomic E-state index is 5.14. The summed E-state index contributed by atoms with van der Waals surface area (Å²) in [6, 6.07) is 23.1. The van der Waals surface area contributed by atoms with Gasteiger partial charge in [0.05, 0.1) is 6.26 Å². The molecule has 4 aromatic rings. The fourth-order valence-electron chi connectivity index (χ4n) is 7.85. The Bertz CT molecular complexity index is 1690. The lowest BCUT2D eigenvalue weighted by atomic mass is 10.1. The van der Waals surface area contributed by atoms with Crippen molar-refractivity contribution in [1.29, 1.82) is 0 Å². The molecule has 1 aromatic carbocycles. The molecule has 3 aromatic heterocycles. The number of thiophene rings is 1. The van der Waals surface area contributed by atoms with E-state index in [0.29, 0.717) is 0 Å². The monoisotopic (exact) mass is 1400 g/mol. The van der Waals surface area contributed by atoms with E-state index in [9.17, 15) is 0 Å². The number of hydrogen-bond acceptors (Lipinski definition) is 2. The molecule has 0 saturated carbocycles. The van der Waals surface area contributed by atoms with Crippen LogP contribution in [-0.2, 0) is 25.7 Å². The van der Waals surface area contributed by atoms with Crippen LogP contribution in [-0.4, -0.2) is 4.98 Å². The van der Waals surface area contributed by atoms with Gasteiger partial charge in [-0.3, -0.25) is 0 Å². The van der Waals surface area contributed by atoms with Crippen LogP contribution in [0.2, 0.25) is 0 Å². The molecule has 0 unspecified atom stereocenters. The molecule has 0 aliphatic rings. The van der Waals surface area contributed by atoms with Crippen LogP contribution in [0.15, 0.2) is 162 Å². The van der Waals surface area contributed by atoms with Crippen molar-refractivity contribution in [3.05, 3.63) is 179 Å². The lowest BCUT2D eigenvalue weighted by Gasteiger charge is -1.96. The number of allylic oxidation sites excluding steroid dienone is 12. The van der Waals surface area contributed by atoms with Crippen molar-refractivity contribution in [2.24, 2.45) is 0 Å². The minimum Gasteiger partial charge on any atom is -0.469 e. The van der Waals surface area contributed by atoms with E-state index < -0.39 is 0 Å². The predicted octanol–water partition coefficient (Wildman–Crippen LogP) is 36.6. The van der Waals surface area contributed by atoms with E-state index in [1.807, 2.05) is 91.1 Å². The Balaban J connectivity index is -0.0000000947. The highest BCUT2D eigenvalue weighted by Crippen LogP contribution is 2.12. The minimum atomic E-state index is 1.09. The second-order valence-electron chi connectivity index (χ2n) is 23.2. The third kappa shape index (κ3) is 145. The van der Waals surface area contributed by atoms with Gasteiger partial charge >= 0.3 is 0 Å². The summed E-state index contributed by atoms with van der Waals surface area (Å²) in [5.41, 5.74) is 2.82. The Morgan fingerprint density at radius 2 is 0.677 bits per heavy atom. The fourth-order valence-corrected chi connectivity index (χ4v) is 8.61. The van der Waals surface area contributed by atoms with Gasteiger partial charge in [-0.25, -0.2) is 0 Å². The third-order valence-electron chi connectivity index (χ3n) is 13.7. The molecular weight excluding hydrogens is 1220 g/mol.